The van der Waals surface area contributed by atoms with E-state index in [0.717, 1.165) is 18.5 Å². The first kappa shape index (κ1) is 23.1. The summed E-state index contributed by atoms with van der Waals surface area (Å²) in [6.07, 6.45) is 1.65. The van der Waals surface area contributed by atoms with E-state index in [1.165, 1.54) is 24.3 Å². The van der Waals surface area contributed by atoms with Gasteiger partial charge in [0.1, 0.15) is 16.2 Å². The lowest BCUT2D eigenvalue weighted by Crippen LogP contribution is -2.29. The molecule has 4 rings (SSSR count). The van der Waals surface area contributed by atoms with Gasteiger partial charge in [-0.3, -0.25) is 9.52 Å². The number of nitrogens with zero attached hydrogens (tertiary/aromatic N) is 1. The summed E-state index contributed by atoms with van der Waals surface area (Å²) in [4.78, 5) is 26.5. The molecular formula is C23H27N3O6S. The highest BCUT2D eigenvalue weighted by Crippen LogP contribution is 2.55. The zero-order valence-electron chi connectivity index (χ0n) is 18.5. The molecule has 33 heavy (non-hydrogen) atoms. The van der Waals surface area contributed by atoms with Crippen LogP contribution in [0.4, 0.5) is 5.69 Å². The highest BCUT2D eigenvalue weighted by Gasteiger charge is 2.45. The van der Waals surface area contributed by atoms with Crippen molar-refractivity contribution >= 4 is 27.6 Å². The third-order valence-electron chi connectivity index (χ3n) is 5.90. The molecule has 9 nitrogen and oxygen atoms in total. The molecule has 2 atom stereocenters. The number of rotatable bonds is 9. The van der Waals surface area contributed by atoms with Gasteiger partial charge < -0.3 is 20.1 Å². The second-order valence-corrected chi connectivity index (χ2v) is 10.3. The summed E-state index contributed by atoms with van der Waals surface area (Å²) in [5.74, 6) is -0.926. The van der Waals surface area contributed by atoms with E-state index < -0.39 is 21.9 Å². The zero-order valence-corrected chi connectivity index (χ0v) is 19.3. The predicted octanol–water partition coefficient (Wildman–Crippen LogP) is 2.36. The van der Waals surface area contributed by atoms with Crippen LogP contribution in [0.5, 0.6) is 5.75 Å². The van der Waals surface area contributed by atoms with Gasteiger partial charge in [0.25, 0.3) is 15.9 Å². The molecule has 0 bridgehead atoms. The van der Waals surface area contributed by atoms with Crippen LogP contribution in [0, 0.1) is 5.92 Å². The van der Waals surface area contributed by atoms with Crippen LogP contribution in [0.1, 0.15) is 45.0 Å². The van der Waals surface area contributed by atoms with Crippen LogP contribution >= 0.6 is 0 Å². The van der Waals surface area contributed by atoms with Crippen molar-refractivity contribution in [2.75, 3.05) is 38.5 Å². The number of carboxylic acids is 1. The molecule has 1 aliphatic heterocycles. The topological polar surface area (TPSA) is 125 Å². The van der Waals surface area contributed by atoms with Gasteiger partial charge in [0.15, 0.2) is 0 Å². The molecule has 0 radical (unpaired) electrons. The Labute approximate surface area is 192 Å². The van der Waals surface area contributed by atoms with E-state index in [2.05, 4.69) is 10.0 Å². The quantitative estimate of drug-likeness (QED) is 0.478. The summed E-state index contributed by atoms with van der Waals surface area (Å²) in [6, 6.07) is 9.01. The maximum Gasteiger partial charge on any atom is 0.341 e. The summed E-state index contributed by atoms with van der Waals surface area (Å²) >= 11 is 0. The number of sulfonamides is 1. The molecule has 1 aliphatic carbocycles. The van der Waals surface area contributed by atoms with Gasteiger partial charge >= 0.3 is 5.97 Å². The highest BCUT2D eigenvalue weighted by atomic mass is 32.2. The Bertz CT molecular complexity index is 1190. The van der Waals surface area contributed by atoms with E-state index in [9.17, 15) is 23.1 Å². The molecule has 176 valence electrons. The third kappa shape index (κ3) is 4.81. The lowest BCUT2D eigenvalue weighted by molar-refractivity contribution is 0.0692. The number of amides is 1. The maximum atomic E-state index is 13.2. The van der Waals surface area contributed by atoms with E-state index in [4.69, 9.17) is 4.74 Å². The largest absolute Gasteiger partial charge is 0.492 e. The van der Waals surface area contributed by atoms with Crippen molar-refractivity contribution in [1.29, 1.82) is 0 Å². The maximum absolute atomic E-state index is 13.2. The average molecular weight is 474 g/mol. The van der Waals surface area contributed by atoms with Crippen LogP contribution < -0.4 is 14.8 Å². The van der Waals surface area contributed by atoms with Gasteiger partial charge in [0.2, 0.25) is 0 Å². The van der Waals surface area contributed by atoms with Crippen molar-refractivity contribution in [3.05, 3.63) is 53.1 Å². The number of carbonyl (C=O) groups is 2. The van der Waals surface area contributed by atoms with Gasteiger partial charge in [-0.05, 0) is 63.2 Å². The lowest BCUT2D eigenvalue weighted by atomic mass is 10.0. The second-order valence-electron chi connectivity index (χ2n) is 8.64. The number of benzene rings is 2. The van der Waals surface area contributed by atoms with Gasteiger partial charge in [-0.2, -0.15) is 0 Å². The SMILES string of the molecule is CN(C)CCCNC(=O)c1ccccc1S(=O)(=O)Nc1ccc2c(c1C(=O)O)OC[C@@H]1C[C@H]21. The Balaban J connectivity index is 1.60. The molecular weight excluding hydrogens is 446 g/mol. The second kappa shape index (κ2) is 9.03. The minimum atomic E-state index is -4.26. The monoisotopic (exact) mass is 473 g/mol. The number of nitrogens with one attached hydrogen (secondary N) is 2. The predicted molar refractivity (Wildman–Crippen MR) is 122 cm³/mol. The van der Waals surface area contributed by atoms with Crippen LogP contribution in [0.3, 0.4) is 0 Å². The van der Waals surface area contributed by atoms with Crippen LogP contribution in [-0.2, 0) is 10.0 Å². The molecule has 10 heteroatoms. The Morgan fingerprint density at radius 3 is 2.67 bits per heavy atom. The molecule has 2 aromatic carbocycles. The first-order chi connectivity index (χ1) is 15.7. The van der Waals surface area contributed by atoms with E-state index in [1.54, 1.807) is 12.1 Å². The van der Waals surface area contributed by atoms with Crippen molar-refractivity contribution in [3.63, 3.8) is 0 Å². The molecule has 0 spiro atoms. The lowest BCUT2D eigenvalue weighted by Gasteiger charge is -2.21. The van der Waals surface area contributed by atoms with Gasteiger partial charge in [-0.25, -0.2) is 13.2 Å². The molecule has 2 aromatic rings. The number of hydrogen-bond acceptors (Lipinski definition) is 6. The van der Waals surface area contributed by atoms with Gasteiger partial charge in [-0.15, -0.1) is 0 Å². The molecule has 0 aromatic heterocycles. The number of aromatic carboxylic acids is 1. The highest BCUT2D eigenvalue weighted by molar-refractivity contribution is 7.92. The van der Waals surface area contributed by atoms with Gasteiger partial charge in [0.05, 0.1) is 17.9 Å². The van der Waals surface area contributed by atoms with Crippen molar-refractivity contribution in [3.8, 4) is 5.75 Å². The van der Waals surface area contributed by atoms with Crippen LogP contribution in [0.2, 0.25) is 0 Å². The summed E-state index contributed by atoms with van der Waals surface area (Å²) in [5.41, 5.74) is 0.472. The fraction of sp³-hybridized carbons (Fsp3) is 0.391. The molecule has 1 heterocycles. The normalized spacial score (nSPS) is 18.6. The molecule has 1 fully saturated rings. The Morgan fingerprint density at radius 2 is 1.94 bits per heavy atom. The molecule has 1 saturated carbocycles. The van der Waals surface area contributed by atoms with E-state index in [-0.39, 0.29) is 33.4 Å². The minimum absolute atomic E-state index is 0.0123. The van der Waals surface area contributed by atoms with Crippen LogP contribution in [-0.4, -0.2) is 64.1 Å². The molecule has 2 aliphatic rings. The Hall–Kier alpha value is -3.11. The smallest absolute Gasteiger partial charge is 0.341 e. The van der Waals surface area contributed by atoms with E-state index in [1.807, 2.05) is 19.0 Å². The summed E-state index contributed by atoms with van der Waals surface area (Å²) < 4.78 is 34.5. The standard InChI is InChI=1S/C23H27N3O6S/c1-26(2)11-5-10-24-22(27)16-6-3-4-7-19(16)33(30,31)25-18-9-8-15-17-12-14(17)13-32-21(15)20(18)23(28)29/h3-4,6-9,14,17,25H,5,10-13H2,1-2H3,(H,24,27)(H,28,29)/t14-,17-/m0/s1. The molecule has 0 saturated heterocycles. The molecule has 1 amide bonds. The van der Waals surface area contributed by atoms with Crippen molar-refractivity contribution in [1.82, 2.24) is 10.2 Å². The molecule has 3 N–H and O–H groups in total. The Kier molecular flexibility index (Phi) is 6.31. The fourth-order valence-electron chi connectivity index (χ4n) is 4.13. The van der Waals surface area contributed by atoms with Crippen molar-refractivity contribution < 1.29 is 27.9 Å². The number of ether oxygens (including phenoxy) is 1. The van der Waals surface area contributed by atoms with E-state index in [0.29, 0.717) is 25.5 Å². The number of fused-ring (bicyclic) bond motifs is 3. The number of anilines is 1. The van der Waals surface area contributed by atoms with Crippen molar-refractivity contribution in [2.24, 2.45) is 5.92 Å². The average Bonchev–Trinajstić information content (AvgIpc) is 3.56. The fourth-order valence-corrected chi connectivity index (χ4v) is 5.40. The summed E-state index contributed by atoms with van der Waals surface area (Å²) in [7, 11) is -0.405. The first-order valence-electron chi connectivity index (χ1n) is 10.8. The number of carboxylic acid groups (broad SMARTS) is 1. The summed E-state index contributed by atoms with van der Waals surface area (Å²) in [6.45, 7) is 1.60. The van der Waals surface area contributed by atoms with Gasteiger partial charge in [-0.1, -0.05) is 18.2 Å². The Morgan fingerprint density at radius 1 is 1.18 bits per heavy atom. The van der Waals surface area contributed by atoms with E-state index >= 15 is 0 Å². The summed E-state index contributed by atoms with van der Waals surface area (Å²) in [5, 5.41) is 12.5. The zero-order chi connectivity index (χ0) is 23.8. The molecule has 0 unspecified atom stereocenters. The van der Waals surface area contributed by atoms with Gasteiger partial charge in [0, 0.05) is 12.5 Å². The first-order valence-corrected chi connectivity index (χ1v) is 12.2. The number of hydrogen-bond donors (Lipinski definition) is 3. The van der Waals surface area contributed by atoms with Crippen LogP contribution in [0.25, 0.3) is 0 Å². The number of carbonyl (C=O) groups excluding carboxylic acids is 1. The van der Waals surface area contributed by atoms with Crippen LogP contribution in [0.15, 0.2) is 41.3 Å². The third-order valence-corrected chi connectivity index (χ3v) is 7.32. The minimum Gasteiger partial charge on any atom is -0.492 e. The van der Waals surface area contributed by atoms with Crippen molar-refractivity contribution in [2.45, 2.75) is 23.7 Å².